The number of aliphatic hydroxyl groups excluding tert-OH is 4. The molecule has 142 valence electrons. The van der Waals surface area contributed by atoms with Crippen molar-refractivity contribution in [3.8, 4) is 0 Å². The normalized spacial score (nSPS) is 60.9. The molecule has 4 saturated carbocycles. The van der Waals surface area contributed by atoms with Crippen molar-refractivity contribution < 1.29 is 25.2 Å². The molecule has 0 heterocycles. The van der Waals surface area contributed by atoms with Gasteiger partial charge in [-0.3, -0.25) is 4.79 Å². The molecule has 4 fully saturated rings. The minimum atomic E-state index is -1.00. The van der Waals surface area contributed by atoms with E-state index in [1.165, 1.54) is 0 Å². The van der Waals surface area contributed by atoms with Gasteiger partial charge in [-0.05, 0) is 47.8 Å². The van der Waals surface area contributed by atoms with E-state index in [-0.39, 0.29) is 41.0 Å². The summed E-state index contributed by atoms with van der Waals surface area (Å²) in [5.74, 6) is -1.01. The Morgan fingerprint density at radius 1 is 1.08 bits per heavy atom. The number of Topliss-reactive ketones (excluding diaryl/α,β-unsaturated/α-hetero) is 1. The van der Waals surface area contributed by atoms with Crippen molar-refractivity contribution in [3.63, 3.8) is 0 Å². The van der Waals surface area contributed by atoms with Crippen LogP contribution in [0.3, 0.4) is 0 Å². The predicted molar refractivity (Wildman–Crippen MR) is 91.5 cm³/mol. The average molecular weight is 352 g/mol. The van der Waals surface area contributed by atoms with E-state index in [0.29, 0.717) is 12.8 Å². The van der Waals surface area contributed by atoms with Gasteiger partial charge >= 0.3 is 0 Å². The van der Waals surface area contributed by atoms with Crippen molar-refractivity contribution in [1.29, 1.82) is 0 Å². The molecule has 0 unspecified atom stereocenters. The van der Waals surface area contributed by atoms with E-state index in [4.69, 9.17) is 0 Å². The molecule has 1 spiro atoms. The number of ketones is 1. The molecule has 0 amide bonds. The Hall–Kier alpha value is -0.490. The molecule has 4 aliphatic rings. The summed E-state index contributed by atoms with van der Waals surface area (Å²) in [7, 11) is 0. The van der Waals surface area contributed by atoms with Gasteiger partial charge in [0.05, 0.1) is 23.7 Å². The van der Waals surface area contributed by atoms with Gasteiger partial charge in [-0.1, -0.05) is 27.2 Å². The van der Waals surface area contributed by atoms with Crippen LogP contribution >= 0.6 is 0 Å². The maximum atomic E-state index is 12.8. The lowest BCUT2D eigenvalue weighted by molar-refractivity contribution is -0.254. The molecule has 2 bridgehead atoms. The van der Waals surface area contributed by atoms with E-state index >= 15 is 0 Å². The van der Waals surface area contributed by atoms with Crippen molar-refractivity contribution in [2.45, 2.75) is 71.2 Å². The molecule has 0 radical (unpaired) electrons. The quantitative estimate of drug-likeness (QED) is 0.567. The number of fused-ring (bicyclic) bond motifs is 3. The number of carbonyl (C=O) groups is 1. The Kier molecular flexibility index (Phi) is 3.78. The molecular formula is C20H32O5. The highest BCUT2D eigenvalue weighted by molar-refractivity contribution is 5.84. The lowest BCUT2D eigenvalue weighted by Gasteiger charge is -2.66. The number of rotatable bonds is 1. The summed E-state index contributed by atoms with van der Waals surface area (Å²) in [4.78, 5) is 12.8. The molecule has 5 heteroatoms. The first-order valence-electron chi connectivity index (χ1n) is 9.82. The zero-order chi connectivity index (χ0) is 18.4. The topological polar surface area (TPSA) is 98.0 Å². The Bertz CT molecular complexity index is 593. The van der Waals surface area contributed by atoms with Crippen molar-refractivity contribution in [1.82, 2.24) is 0 Å². The molecule has 4 rings (SSSR count). The van der Waals surface area contributed by atoms with E-state index in [0.717, 1.165) is 19.3 Å². The molecule has 0 aromatic heterocycles. The van der Waals surface area contributed by atoms with Gasteiger partial charge < -0.3 is 20.4 Å². The van der Waals surface area contributed by atoms with E-state index in [9.17, 15) is 25.2 Å². The maximum absolute atomic E-state index is 12.8. The summed E-state index contributed by atoms with van der Waals surface area (Å²) in [5.41, 5.74) is -1.55. The first-order valence-corrected chi connectivity index (χ1v) is 9.82. The van der Waals surface area contributed by atoms with Gasteiger partial charge in [0.1, 0.15) is 5.78 Å². The van der Waals surface area contributed by atoms with E-state index in [1.807, 2.05) is 6.92 Å². The second-order valence-electron chi connectivity index (χ2n) is 9.97. The molecule has 0 aromatic rings. The molecule has 5 nitrogen and oxygen atoms in total. The van der Waals surface area contributed by atoms with Crippen LogP contribution in [0, 0.1) is 39.9 Å². The first kappa shape index (κ1) is 17.9. The van der Waals surface area contributed by atoms with Gasteiger partial charge in [0.2, 0.25) is 0 Å². The fourth-order valence-corrected chi connectivity index (χ4v) is 7.86. The largest absolute Gasteiger partial charge is 0.396 e. The smallest absolute Gasteiger partial charge is 0.139 e. The molecule has 25 heavy (non-hydrogen) atoms. The first-order chi connectivity index (χ1) is 11.6. The Balaban J connectivity index is 1.87. The van der Waals surface area contributed by atoms with E-state index in [1.54, 1.807) is 0 Å². The molecular weight excluding hydrogens is 320 g/mol. The standard InChI is InChI=1S/C20H32O5/c1-10-15-11(22)7-13-19(3)6-4-5-18(2,9-21)12(19)8-14(23)20(13,16(10)24)17(15)25/h10,12-17,21,23-25H,4-9H2,1-3H3/t10-,12-,13+,14-,15-,16-,17+,18-,19-,20+/m1/s1. The van der Waals surface area contributed by atoms with Crippen molar-refractivity contribution in [2.24, 2.45) is 39.9 Å². The van der Waals surface area contributed by atoms with Gasteiger partial charge in [-0.2, -0.15) is 0 Å². The minimum absolute atomic E-state index is 0.0301. The highest BCUT2D eigenvalue weighted by atomic mass is 16.3. The monoisotopic (exact) mass is 352 g/mol. The summed E-state index contributed by atoms with van der Waals surface area (Å²) in [5, 5.41) is 43.4. The summed E-state index contributed by atoms with van der Waals surface area (Å²) >= 11 is 0. The number of carbonyl (C=O) groups excluding carboxylic acids is 1. The molecule has 4 N–H and O–H groups in total. The summed E-state index contributed by atoms with van der Waals surface area (Å²) in [6, 6.07) is 0. The van der Waals surface area contributed by atoms with Crippen LogP contribution in [-0.4, -0.2) is 51.1 Å². The predicted octanol–water partition coefficient (Wildman–Crippen LogP) is 1.12. The number of hydrogen-bond acceptors (Lipinski definition) is 5. The van der Waals surface area contributed by atoms with E-state index in [2.05, 4.69) is 13.8 Å². The minimum Gasteiger partial charge on any atom is -0.396 e. The molecule has 0 saturated heterocycles. The highest BCUT2D eigenvalue weighted by Crippen LogP contribution is 2.71. The molecule has 0 aromatic carbocycles. The van der Waals surface area contributed by atoms with E-state index < -0.39 is 29.6 Å². The van der Waals surface area contributed by atoms with Crippen LogP contribution in [0.2, 0.25) is 0 Å². The third kappa shape index (κ3) is 1.86. The Labute approximate surface area is 149 Å². The molecule has 0 aliphatic heterocycles. The van der Waals surface area contributed by atoms with Crippen LogP contribution in [0.4, 0.5) is 0 Å². The van der Waals surface area contributed by atoms with Crippen LogP contribution < -0.4 is 0 Å². The molecule has 10 atom stereocenters. The van der Waals surface area contributed by atoms with Crippen LogP contribution in [0.5, 0.6) is 0 Å². The second kappa shape index (κ2) is 5.28. The SMILES string of the molecule is C[C@@H]1[C@@H]2C(=O)C[C@H]3[C@]4(C)CCC[C@](C)(CO)[C@H]4C[C@@H](O)[C@@]3([C@@H]1O)[C@H]2O. The lowest BCUT2D eigenvalue weighted by Crippen LogP contribution is -2.69. The van der Waals surface area contributed by atoms with Crippen LogP contribution in [0.25, 0.3) is 0 Å². The van der Waals surface area contributed by atoms with Crippen LogP contribution in [-0.2, 0) is 4.79 Å². The summed E-state index contributed by atoms with van der Waals surface area (Å²) in [6.45, 7) is 6.14. The fourth-order valence-electron chi connectivity index (χ4n) is 7.86. The Morgan fingerprint density at radius 3 is 2.40 bits per heavy atom. The third-order valence-electron chi connectivity index (χ3n) is 9.10. The second-order valence-corrected chi connectivity index (χ2v) is 9.97. The van der Waals surface area contributed by atoms with Crippen LogP contribution in [0.15, 0.2) is 0 Å². The fraction of sp³-hybridized carbons (Fsp3) is 0.950. The summed E-state index contributed by atoms with van der Waals surface area (Å²) < 4.78 is 0. The zero-order valence-electron chi connectivity index (χ0n) is 15.5. The van der Waals surface area contributed by atoms with Gasteiger partial charge in [0.25, 0.3) is 0 Å². The lowest BCUT2D eigenvalue weighted by atomic mass is 9.39. The van der Waals surface area contributed by atoms with Crippen molar-refractivity contribution in [3.05, 3.63) is 0 Å². The zero-order valence-corrected chi connectivity index (χ0v) is 15.5. The van der Waals surface area contributed by atoms with Gasteiger partial charge in [-0.15, -0.1) is 0 Å². The van der Waals surface area contributed by atoms with Gasteiger partial charge in [-0.25, -0.2) is 0 Å². The summed E-state index contributed by atoms with van der Waals surface area (Å²) in [6.07, 6.45) is 0.918. The van der Waals surface area contributed by atoms with Crippen molar-refractivity contribution >= 4 is 5.78 Å². The maximum Gasteiger partial charge on any atom is 0.139 e. The third-order valence-corrected chi connectivity index (χ3v) is 9.10. The number of aliphatic hydroxyl groups is 4. The van der Waals surface area contributed by atoms with Crippen molar-refractivity contribution in [2.75, 3.05) is 6.61 Å². The Morgan fingerprint density at radius 2 is 1.76 bits per heavy atom. The van der Waals surface area contributed by atoms with Crippen LogP contribution in [0.1, 0.15) is 52.9 Å². The number of hydrogen-bond donors (Lipinski definition) is 4. The highest BCUT2D eigenvalue weighted by Gasteiger charge is 2.75. The average Bonchev–Trinajstić information content (AvgIpc) is 2.69. The molecule has 4 aliphatic carbocycles. The van der Waals surface area contributed by atoms with Gasteiger partial charge in [0, 0.05) is 18.9 Å². The van der Waals surface area contributed by atoms with Gasteiger partial charge in [0.15, 0.2) is 0 Å².